The third-order valence-corrected chi connectivity index (χ3v) is 6.15. The van der Waals surface area contributed by atoms with Crippen molar-refractivity contribution in [3.63, 3.8) is 0 Å². The van der Waals surface area contributed by atoms with Crippen LogP contribution < -0.4 is 20.2 Å². The van der Waals surface area contributed by atoms with Gasteiger partial charge in [-0.25, -0.2) is 4.79 Å². The Labute approximate surface area is 222 Å². The van der Waals surface area contributed by atoms with Gasteiger partial charge < -0.3 is 19.5 Å². The van der Waals surface area contributed by atoms with Crippen LogP contribution in [0, 0.1) is 13.8 Å². The number of aryl methyl sites for hydroxylation is 2. The van der Waals surface area contributed by atoms with Gasteiger partial charge in [0.1, 0.15) is 17.1 Å². The zero-order valence-corrected chi connectivity index (χ0v) is 22.1. The number of aromatic nitrogens is 1. The summed E-state index contributed by atoms with van der Waals surface area (Å²) in [6, 6.07) is 15.3. The molecule has 1 aromatic heterocycles. The van der Waals surface area contributed by atoms with Gasteiger partial charge in [-0.05, 0) is 75.8 Å². The van der Waals surface area contributed by atoms with Crippen LogP contribution in [0.25, 0.3) is 0 Å². The number of pyridine rings is 1. The lowest BCUT2D eigenvalue weighted by Gasteiger charge is -2.36. The molecule has 192 valence electrons. The number of nitrogens with zero attached hydrogens (tertiary/aromatic N) is 2. The number of thiocarbonyl (C=S) groups is 1. The fourth-order valence-corrected chi connectivity index (χ4v) is 4.27. The van der Waals surface area contributed by atoms with E-state index in [0.717, 1.165) is 28.1 Å². The summed E-state index contributed by atoms with van der Waals surface area (Å²) in [6.45, 7) is 7.94. The van der Waals surface area contributed by atoms with Gasteiger partial charge >= 0.3 is 5.97 Å². The smallest absolute Gasteiger partial charge is 0.344 e. The molecule has 9 heteroatoms. The van der Waals surface area contributed by atoms with E-state index in [1.165, 1.54) is 5.56 Å². The molecule has 3 aromatic rings. The fraction of sp³-hybridized carbons (Fsp3) is 0.286. The molecule has 0 bridgehead atoms. The number of anilines is 1. The van der Waals surface area contributed by atoms with Gasteiger partial charge in [0.25, 0.3) is 0 Å². The van der Waals surface area contributed by atoms with Crippen LogP contribution in [-0.4, -0.2) is 35.0 Å². The maximum Gasteiger partial charge on any atom is 0.344 e. The van der Waals surface area contributed by atoms with Crippen molar-refractivity contribution in [1.82, 2.24) is 10.4 Å². The maximum absolute atomic E-state index is 11.7. The normalized spacial score (nSPS) is 17.4. The van der Waals surface area contributed by atoms with Crippen molar-refractivity contribution >= 4 is 34.7 Å². The first-order valence-corrected chi connectivity index (χ1v) is 12.4. The zero-order chi connectivity index (χ0) is 26.4. The number of ether oxygens (including phenoxy) is 3. The van der Waals surface area contributed by atoms with Crippen LogP contribution in [0.3, 0.4) is 0 Å². The Morgan fingerprint density at radius 1 is 1.22 bits per heavy atom. The lowest BCUT2D eigenvalue weighted by molar-refractivity contribution is -0.145. The molecule has 8 nitrogen and oxygen atoms in total. The average molecular weight is 519 g/mol. The molecule has 1 aliphatic rings. The van der Waals surface area contributed by atoms with E-state index in [9.17, 15) is 4.79 Å². The average Bonchev–Trinajstić information content (AvgIpc) is 2.88. The predicted molar refractivity (Wildman–Crippen MR) is 147 cm³/mol. The molecular weight excluding hydrogens is 488 g/mol. The Hall–Kier alpha value is -3.98. The van der Waals surface area contributed by atoms with E-state index in [4.69, 9.17) is 26.4 Å². The molecule has 0 amide bonds. The van der Waals surface area contributed by atoms with Crippen molar-refractivity contribution in [2.45, 2.75) is 39.7 Å². The van der Waals surface area contributed by atoms with Crippen molar-refractivity contribution in [3.05, 3.63) is 83.2 Å². The van der Waals surface area contributed by atoms with Crippen molar-refractivity contribution in [2.75, 3.05) is 18.5 Å². The number of benzene rings is 2. The predicted octanol–water partition coefficient (Wildman–Crippen LogP) is 5.03. The summed E-state index contributed by atoms with van der Waals surface area (Å²) < 4.78 is 17.0. The molecule has 0 aliphatic carbocycles. The van der Waals surface area contributed by atoms with Crippen molar-refractivity contribution in [1.29, 1.82) is 0 Å². The quantitative estimate of drug-likeness (QED) is 0.256. The zero-order valence-electron chi connectivity index (χ0n) is 21.3. The van der Waals surface area contributed by atoms with Crippen molar-refractivity contribution < 1.29 is 19.0 Å². The number of fused-ring (bicyclic) bond motifs is 1. The van der Waals surface area contributed by atoms with E-state index < -0.39 is 11.6 Å². The third kappa shape index (κ3) is 6.42. The van der Waals surface area contributed by atoms with Gasteiger partial charge in [0.05, 0.1) is 12.3 Å². The molecule has 2 aromatic carbocycles. The van der Waals surface area contributed by atoms with Gasteiger partial charge in [0.15, 0.2) is 11.7 Å². The number of nitrogens with one attached hydrogen (secondary N) is 2. The van der Waals surface area contributed by atoms with Gasteiger partial charge in [-0.3, -0.25) is 10.4 Å². The highest BCUT2D eigenvalue weighted by Crippen LogP contribution is 2.40. The van der Waals surface area contributed by atoms with Crippen LogP contribution in [0.1, 0.15) is 42.5 Å². The van der Waals surface area contributed by atoms with E-state index in [2.05, 4.69) is 26.9 Å². The molecular formula is C28H30N4O4S. The second-order valence-corrected chi connectivity index (χ2v) is 9.35. The number of hydrogen-bond acceptors (Lipinski definition) is 7. The number of carbonyl (C=O) groups excluding carboxylic acids is 1. The third-order valence-electron chi connectivity index (χ3n) is 5.96. The SMILES string of the molecule is CCOC(=O)COc1ccc2c(c1)/C(=N\NC(=S)Nc1ccc(C)cc1C)C[C@](C)(c1cccnc1)O2. The number of hydrogen-bond donors (Lipinski definition) is 2. The van der Waals surface area contributed by atoms with Crippen molar-refractivity contribution in [3.8, 4) is 11.5 Å². The molecule has 0 saturated carbocycles. The number of esters is 1. The Balaban J connectivity index is 1.61. The summed E-state index contributed by atoms with van der Waals surface area (Å²) in [7, 11) is 0. The van der Waals surface area contributed by atoms with Gasteiger partial charge in [-0.1, -0.05) is 23.8 Å². The first-order valence-electron chi connectivity index (χ1n) is 12.0. The van der Waals surface area contributed by atoms with E-state index in [1.54, 1.807) is 31.5 Å². The second kappa shape index (κ2) is 11.4. The summed E-state index contributed by atoms with van der Waals surface area (Å²) >= 11 is 5.52. The van der Waals surface area contributed by atoms with Gasteiger partial charge in [0.2, 0.25) is 0 Å². The summed E-state index contributed by atoms with van der Waals surface area (Å²) in [5, 5.41) is 8.24. The van der Waals surface area contributed by atoms with Crippen LogP contribution in [-0.2, 0) is 15.1 Å². The monoisotopic (exact) mass is 518 g/mol. The molecule has 2 N–H and O–H groups in total. The van der Waals surface area contributed by atoms with Gasteiger partial charge in [0, 0.05) is 35.6 Å². The molecule has 2 heterocycles. The maximum atomic E-state index is 11.7. The Bertz CT molecular complexity index is 1330. The molecule has 0 saturated heterocycles. The van der Waals surface area contributed by atoms with Crippen LogP contribution in [0.2, 0.25) is 0 Å². The molecule has 1 atom stereocenters. The highest BCUT2D eigenvalue weighted by atomic mass is 32.1. The minimum Gasteiger partial charge on any atom is -0.482 e. The number of rotatable bonds is 7. The first kappa shape index (κ1) is 26.1. The summed E-state index contributed by atoms with van der Waals surface area (Å²) in [5.74, 6) is 0.706. The van der Waals surface area contributed by atoms with Crippen LogP contribution in [0.5, 0.6) is 11.5 Å². The lowest BCUT2D eigenvalue weighted by Crippen LogP contribution is -2.38. The molecule has 0 unspecified atom stereocenters. The van der Waals surface area contributed by atoms with Crippen molar-refractivity contribution in [2.24, 2.45) is 5.10 Å². The van der Waals surface area contributed by atoms with Crippen LogP contribution in [0.4, 0.5) is 5.69 Å². The fourth-order valence-electron chi connectivity index (χ4n) is 4.11. The largest absolute Gasteiger partial charge is 0.482 e. The highest BCUT2D eigenvalue weighted by molar-refractivity contribution is 7.80. The molecule has 1 aliphatic heterocycles. The minimum atomic E-state index is -0.697. The summed E-state index contributed by atoms with van der Waals surface area (Å²) in [5.41, 5.74) is 7.84. The van der Waals surface area contributed by atoms with E-state index >= 15 is 0 Å². The Kier molecular flexibility index (Phi) is 8.03. The molecule has 0 spiro atoms. The van der Waals surface area contributed by atoms with E-state index in [-0.39, 0.29) is 6.61 Å². The number of carbonyl (C=O) groups is 1. The lowest BCUT2D eigenvalue weighted by atomic mass is 9.86. The summed E-state index contributed by atoms with van der Waals surface area (Å²) in [6.07, 6.45) is 3.97. The van der Waals surface area contributed by atoms with Crippen LogP contribution in [0.15, 0.2) is 66.0 Å². The van der Waals surface area contributed by atoms with E-state index in [0.29, 0.717) is 29.6 Å². The molecule has 0 fully saturated rings. The standard InChI is InChI=1S/C28H30N4O4S/c1-5-34-26(33)17-35-21-9-11-25-22(14-21)24(15-28(4,36-25)20-7-6-12-29-16-20)31-32-27(37)30-23-10-8-18(2)13-19(23)3/h6-14,16H,5,15,17H2,1-4H3,(H2,30,32,37)/b31-24-/t28-/m1/s1. The first-order chi connectivity index (χ1) is 17.8. The van der Waals surface area contributed by atoms with Gasteiger partial charge in [-0.15, -0.1) is 0 Å². The topological polar surface area (TPSA) is 94.1 Å². The Morgan fingerprint density at radius 2 is 2.05 bits per heavy atom. The van der Waals surface area contributed by atoms with Gasteiger partial charge in [-0.2, -0.15) is 5.10 Å². The second-order valence-electron chi connectivity index (χ2n) is 8.95. The molecule has 37 heavy (non-hydrogen) atoms. The number of hydrazone groups is 1. The molecule has 0 radical (unpaired) electrons. The summed E-state index contributed by atoms with van der Waals surface area (Å²) in [4.78, 5) is 16.0. The van der Waals surface area contributed by atoms with E-state index in [1.807, 2.05) is 51.1 Å². The highest BCUT2D eigenvalue weighted by Gasteiger charge is 2.37. The molecule has 4 rings (SSSR count). The van der Waals surface area contributed by atoms with Crippen LogP contribution >= 0.6 is 12.2 Å². The Morgan fingerprint density at radius 3 is 2.78 bits per heavy atom. The minimum absolute atomic E-state index is 0.185.